The fourth-order valence-electron chi connectivity index (χ4n) is 4.41. The van der Waals surface area contributed by atoms with Crippen molar-refractivity contribution in [3.8, 4) is 0 Å². The lowest BCUT2D eigenvalue weighted by molar-refractivity contribution is -0.156. The van der Waals surface area contributed by atoms with Crippen LogP contribution in [0.4, 0.5) is 9.59 Å². The van der Waals surface area contributed by atoms with Gasteiger partial charge >= 0.3 is 18.2 Å². The van der Waals surface area contributed by atoms with Crippen LogP contribution in [0.15, 0.2) is 54.6 Å². The Morgan fingerprint density at radius 3 is 2.33 bits per heavy atom. The van der Waals surface area contributed by atoms with Gasteiger partial charge in [-0.25, -0.2) is 14.4 Å². The zero-order valence-electron chi connectivity index (χ0n) is 24.7. The number of nitrogens with one attached hydrogen (secondary N) is 2. The van der Waals surface area contributed by atoms with Crippen molar-refractivity contribution >= 4 is 35.8 Å². The molecule has 0 aliphatic carbocycles. The molecule has 3 rings (SSSR count). The number of amides is 3. The van der Waals surface area contributed by atoms with Gasteiger partial charge in [0.05, 0.1) is 6.61 Å². The topological polar surface area (TPSA) is 123 Å². The molecule has 0 radical (unpaired) electrons. The zero-order valence-corrected chi connectivity index (χ0v) is 25.5. The summed E-state index contributed by atoms with van der Waals surface area (Å²) in [4.78, 5) is 52.9. The number of rotatable bonds is 12. The number of hydrogen-bond donors (Lipinski definition) is 2. The van der Waals surface area contributed by atoms with Gasteiger partial charge in [0.2, 0.25) is 5.91 Å². The normalized spacial score (nSPS) is 15.1. The molecule has 11 heteroatoms. The highest BCUT2D eigenvalue weighted by Gasteiger charge is 2.39. The highest BCUT2D eigenvalue weighted by Crippen LogP contribution is 2.25. The number of ether oxygens (including phenoxy) is 3. The molecule has 1 aliphatic heterocycles. The molecule has 2 N–H and O–H groups in total. The first-order valence-electron chi connectivity index (χ1n) is 14.1. The van der Waals surface area contributed by atoms with Gasteiger partial charge in [0.15, 0.2) is 0 Å². The number of fused-ring (bicyclic) bond motifs is 1. The second-order valence-corrected chi connectivity index (χ2v) is 12.0. The van der Waals surface area contributed by atoms with Crippen LogP contribution in [0.2, 0.25) is 0 Å². The maximum Gasteiger partial charge on any atom is 0.408 e. The maximum atomic E-state index is 13.9. The molecule has 0 fully saturated rings. The molecule has 3 amide bonds. The van der Waals surface area contributed by atoms with E-state index in [-0.39, 0.29) is 25.7 Å². The van der Waals surface area contributed by atoms with Gasteiger partial charge < -0.3 is 29.7 Å². The Kier molecular flexibility index (Phi) is 12.5. The van der Waals surface area contributed by atoms with E-state index in [2.05, 4.69) is 10.6 Å². The second kappa shape index (κ2) is 16.1. The third-order valence-corrected chi connectivity index (χ3v) is 7.38. The van der Waals surface area contributed by atoms with E-state index in [4.69, 9.17) is 14.2 Å². The van der Waals surface area contributed by atoms with Gasteiger partial charge in [-0.15, -0.1) is 0 Å². The third kappa shape index (κ3) is 10.6. The van der Waals surface area contributed by atoms with E-state index < -0.39 is 35.8 Å². The first kappa shape index (κ1) is 32.8. The molecule has 0 saturated carbocycles. The standard InChI is InChI=1S/C31H41N3O7S/c1-5-39-28(36)26-19-23-13-9-10-14-24(23)20-34(26)27(35)25(33-30(38)41-31(2,3)4)15-17-42-18-16-32-29(37)40-21-22-11-7-6-8-12-22/h6-14,25-26H,5,15-21H2,1-4H3,(H,32,37)(H,33,38)/t25-,26-/m0/s1. The van der Waals surface area contributed by atoms with E-state index in [9.17, 15) is 19.2 Å². The summed E-state index contributed by atoms with van der Waals surface area (Å²) < 4.78 is 15.9. The fourth-order valence-corrected chi connectivity index (χ4v) is 5.27. The summed E-state index contributed by atoms with van der Waals surface area (Å²) in [6.07, 6.45) is -0.580. The number of carbonyl (C=O) groups is 4. The molecular weight excluding hydrogens is 558 g/mol. The Morgan fingerprint density at radius 2 is 1.64 bits per heavy atom. The Bertz CT molecular complexity index is 1200. The average molecular weight is 600 g/mol. The van der Waals surface area contributed by atoms with Gasteiger partial charge in [0, 0.05) is 25.3 Å². The smallest absolute Gasteiger partial charge is 0.408 e. The number of benzene rings is 2. The molecular formula is C31H41N3O7S. The molecule has 0 unspecified atom stereocenters. The summed E-state index contributed by atoms with van der Waals surface area (Å²) in [5.41, 5.74) is 2.09. The van der Waals surface area contributed by atoms with E-state index in [1.807, 2.05) is 54.6 Å². The molecule has 0 aromatic heterocycles. The number of hydrogen-bond acceptors (Lipinski definition) is 8. The van der Waals surface area contributed by atoms with E-state index in [1.165, 1.54) is 16.7 Å². The van der Waals surface area contributed by atoms with Crippen molar-refractivity contribution in [3.63, 3.8) is 0 Å². The largest absolute Gasteiger partial charge is 0.464 e. The quantitative estimate of drug-likeness (QED) is 0.209. The van der Waals surface area contributed by atoms with Crippen LogP contribution in [0.3, 0.4) is 0 Å². The molecule has 2 aromatic carbocycles. The van der Waals surface area contributed by atoms with Gasteiger partial charge in [-0.1, -0.05) is 54.6 Å². The van der Waals surface area contributed by atoms with Gasteiger partial charge in [-0.3, -0.25) is 4.79 Å². The Hall–Kier alpha value is -3.73. The molecule has 0 bridgehead atoms. The molecule has 42 heavy (non-hydrogen) atoms. The fraction of sp³-hybridized carbons (Fsp3) is 0.484. The second-order valence-electron chi connectivity index (χ2n) is 10.8. The van der Waals surface area contributed by atoms with Crippen molar-refractivity contribution < 1.29 is 33.4 Å². The van der Waals surface area contributed by atoms with Crippen LogP contribution in [0.25, 0.3) is 0 Å². The molecule has 0 saturated heterocycles. The third-order valence-electron chi connectivity index (χ3n) is 6.36. The van der Waals surface area contributed by atoms with E-state index in [0.717, 1.165) is 16.7 Å². The monoisotopic (exact) mass is 599 g/mol. The van der Waals surface area contributed by atoms with Crippen LogP contribution in [0, 0.1) is 0 Å². The van der Waals surface area contributed by atoms with Gasteiger partial charge in [0.25, 0.3) is 0 Å². The van der Waals surface area contributed by atoms with Crippen molar-refractivity contribution in [2.24, 2.45) is 0 Å². The lowest BCUT2D eigenvalue weighted by Crippen LogP contribution is -2.56. The first-order valence-corrected chi connectivity index (χ1v) is 15.3. The van der Waals surface area contributed by atoms with Crippen LogP contribution >= 0.6 is 11.8 Å². The first-order chi connectivity index (χ1) is 20.1. The summed E-state index contributed by atoms with van der Waals surface area (Å²) in [7, 11) is 0. The molecule has 2 atom stereocenters. The molecule has 2 aromatic rings. The van der Waals surface area contributed by atoms with Crippen LogP contribution < -0.4 is 10.6 Å². The highest BCUT2D eigenvalue weighted by molar-refractivity contribution is 7.99. The van der Waals surface area contributed by atoms with Crippen LogP contribution in [-0.4, -0.2) is 71.3 Å². The predicted octanol–water partition coefficient (Wildman–Crippen LogP) is 4.45. The summed E-state index contributed by atoms with van der Waals surface area (Å²) in [6, 6.07) is 15.4. The van der Waals surface area contributed by atoms with Crippen molar-refractivity contribution in [2.75, 3.05) is 24.7 Å². The Balaban J connectivity index is 1.59. The van der Waals surface area contributed by atoms with Crippen LogP contribution in [0.1, 0.15) is 50.8 Å². The summed E-state index contributed by atoms with van der Waals surface area (Å²) in [5.74, 6) is 0.241. The minimum absolute atomic E-state index is 0.188. The molecule has 1 aliphatic rings. The highest BCUT2D eigenvalue weighted by atomic mass is 32.2. The average Bonchev–Trinajstić information content (AvgIpc) is 2.95. The van der Waals surface area contributed by atoms with E-state index in [0.29, 0.717) is 30.9 Å². The number of esters is 1. The molecule has 10 nitrogen and oxygen atoms in total. The number of nitrogens with zero attached hydrogens (tertiary/aromatic N) is 1. The van der Waals surface area contributed by atoms with Gasteiger partial charge in [0.1, 0.15) is 24.3 Å². The van der Waals surface area contributed by atoms with Crippen LogP contribution in [-0.2, 0) is 43.4 Å². The van der Waals surface area contributed by atoms with Crippen molar-refractivity contribution in [1.29, 1.82) is 0 Å². The van der Waals surface area contributed by atoms with Crippen LogP contribution in [0.5, 0.6) is 0 Å². The van der Waals surface area contributed by atoms with Gasteiger partial charge in [-0.2, -0.15) is 11.8 Å². The molecule has 228 valence electrons. The number of carbonyl (C=O) groups excluding carboxylic acids is 4. The number of thioether (sulfide) groups is 1. The van der Waals surface area contributed by atoms with Crippen molar-refractivity contribution in [2.45, 2.75) is 71.4 Å². The lowest BCUT2D eigenvalue weighted by atomic mass is 9.93. The predicted molar refractivity (Wildman–Crippen MR) is 161 cm³/mol. The Morgan fingerprint density at radius 1 is 0.952 bits per heavy atom. The SMILES string of the molecule is CCOC(=O)[C@@H]1Cc2ccccc2CN1C(=O)[C@H](CCSCCNC(=O)OCc1ccccc1)NC(=O)OC(C)(C)C. The summed E-state index contributed by atoms with van der Waals surface area (Å²) in [6.45, 7) is 7.96. The summed E-state index contributed by atoms with van der Waals surface area (Å²) >= 11 is 1.52. The lowest BCUT2D eigenvalue weighted by Gasteiger charge is -2.37. The van der Waals surface area contributed by atoms with Crippen molar-refractivity contribution in [1.82, 2.24) is 15.5 Å². The van der Waals surface area contributed by atoms with E-state index >= 15 is 0 Å². The maximum absolute atomic E-state index is 13.9. The summed E-state index contributed by atoms with van der Waals surface area (Å²) in [5, 5.41) is 5.43. The van der Waals surface area contributed by atoms with Gasteiger partial charge in [-0.05, 0) is 56.6 Å². The molecule has 0 spiro atoms. The number of alkyl carbamates (subject to hydrolysis) is 2. The minimum Gasteiger partial charge on any atom is -0.464 e. The van der Waals surface area contributed by atoms with E-state index in [1.54, 1.807) is 27.7 Å². The van der Waals surface area contributed by atoms with Crippen molar-refractivity contribution in [3.05, 3.63) is 71.3 Å². The Labute approximate surface area is 251 Å². The molecule has 1 heterocycles. The minimum atomic E-state index is -0.918. The zero-order chi connectivity index (χ0) is 30.5.